The van der Waals surface area contributed by atoms with Gasteiger partial charge in [-0.15, -0.1) is 11.3 Å². The number of thiazole rings is 1. The van der Waals surface area contributed by atoms with E-state index >= 15 is 0 Å². The maximum absolute atomic E-state index is 5.95. The van der Waals surface area contributed by atoms with Crippen molar-refractivity contribution < 1.29 is 4.74 Å². The fourth-order valence-electron chi connectivity index (χ4n) is 1.79. The lowest BCUT2D eigenvalue weighted by atomic mass is 10.4. The third-order valence-corrected chi connectivity index (χ3v) is 4.09. The molecule has 0 atom stereocenters. The van der Waals surface area contributed by atoms with Crippen molar-refractivity contribution in [3.63, 3.8) is 0 Å². The first-order chi connectivity index (χ1) is 8.79. The summed E-state index contributed by atoms with van der Waals surface area (Å²) in [6.07, 6.45) is 3.88. The smallest absolute Gasteiger partial charge is 0.191 e. The molecule has 0 saturated carbocycles. The van der Waals surface area contributed by atoms with Crippen LogP contribution >= 0.6 is 11.3 Å². The van der Waals surface area contributed by atoms with Crippen LogP contribution in [0.25, 0.3) is 0 Å². The zero-order valence-corrected chi connectivity index (χ0v) is 11.6. The summed E-state index contributed by atoms with van der Waals surface area (Å²) in [4.78, 5) is 12.2. The first-order valence-corrected chi connectivity index (χ1v) is 7.17. The maximum atomic E-state index is 5.95. The lowest BCUT2D eigenvalue weighted by Crippen LogP contribution is -2.44. The number of aliphatic imine (C=N–C) groups is 1. The van der Waals surface area contributed by atoms with E-state index in [1.807, 2.05) is 6.20 Å². The summed E-state index contributed by atoms with van der Waals surface area (Å²) in [5.41, 5.74) is 5.95. The van der Waals surface area contributed by atoms with Gasteiger partial charge in [-0.05, 0) is 6.42 Å². The number of guanidine groups is 1. The summed E-state index contributed by atoms with van der Waals surface area (Å²) in [7, 11) is 0. The van der Waals surface area contributed by atoms with Crippen LogP contribution in [-0.4, -0.2) is 48.7 Å². The number of hydrogen-bond donors (Lipinski definition) is 1. The number of rotatable bonds is 4. The van der Waals surface area contributed by atoms with Gasteiger partial charge in [0.2, 0.25) is 0 Å². The molecule has 0 aliphatic carbocycles. The average Bonchev–Trinajstić information content (AvgIpc) is 2.87. The molecule has 2 rings (SSSR count). The SMILES string of the molecule is CCc1cnc(CCN=C(N)N2CCOCC2)s1. The molecule has 1 aliphatic heterocycles. The second-order valence-corrected chi connectivity index (χ2v) is 5.36. The van der Waals surface area contributed by atoms with Gasteiger partial charge in [0, 0.05) is 37.1 Å². The standard InChI is InChI=1S/C12H20N4OS/c1-2-10-9-15-11(18-10)3-4-14-12(13)16-5-7-17-8-6-16/h9H,2-8H2,1H3,(H2,13,14). The van der Waals surface area contributed by atoms with Gasteiger partial charge in [0.15, 0.2) is 5.96 Å². The molecule has 100 valence electrons. The van der Waals surface area contributed by atoms with Crippen molar-refractivity contribution in [3.05, 3.63) is 16.1 Å². The molecule has 1 aromatic heterocycles. The number of hydrogen-bond acceptors (Lipinski definition) is 4. The van der Waals surface area contributed by atoms with Gasteiger partial charge in [-0.1, -0.05) is 6.92 Å². The number of ether oxygens (including phenoxy) is 1. The molecule has 1 saturated heterocycles. The molecule has 0 bridgehead atoms. The van der Waals surface area contributed by atoms with Crippen LogP contribution in [0.3, 0.4) is 0 Å². The minimum absolute atomic E-state index is 0.630. The molecule has 0 unspecified atom stereocenters. The predicted molar refractivity (Wildman–Crippen MR) is 74.1 cm³/mol. The Bertz CT molecular complexity index is 399. The molecule has 1 aromatic rings. The lowest BCUT2D eigenvalue weighted by Gasteiger charge is -2.27. The number of morpholine rings is 1. The molecule has 0 spiro atoms. The predicted octanol–water partition coefficient (Wildman–Crippen LogP) is 0.895. The second-order valence-electron chi connectivity index (χ2n) is 4.16. The highest BCUT2D eigenvalue weighted by atomic mass is 32.1. The minimum atomic E-state index is 0.630. The van der Waals surface area contributed by atoms with Gasteiger partial charge in [0.25, 0.3) is 0 Å². The Morgan fingerprint density at radius 3 is 3.00 bits per heavy atom. The second kappa shape index (κ2) is 6.70. The fourth-order valence-corrected chi connectivity index (χ4v) is 2.64. The Balaban J connectivity index is 1.79. The minimum Gasteiger partial charge on any atom is -0.378 e. The van der Waals surface area contributed by atoms with Crippen molar-refractivity contribution in [2.45, 2.75) is 19.8 Å². The Morgan fingerprint density at radius 2 is 2.33 bits per heavy atom. The van der Waals surface area contributed by atoms with E-state index in [2.05, 4.69) is 21.8 Å². The van der Waals surface area contributed by atoms with E-state index in [-0.39, 0.29) is 0 Å². The molecular weight excluding hydrogens is 248 g/mol. The highest BCUT2D eigenvalue weighted by molar-refractivity contribution is 7.11. The third kappa shape index (κ3) is 3.68. The van der Waals surface area contributed by atoms with Crippen LogP contribution in [0.1, 0.15) is 16.8 Å². The van der Waals surface area contributed by atoms with E-state index in [0.29, 0.717) is 12.5 Å². The van der Waals surface area contributed by atoms with Gasteiger partial charge in [-0.25, -0.2) is 4.98 Å². The molecule has 0 amide bonds. The number of aromatic nitrogens is 1. The van der Waals surface area contributed by atoms with Crippen LogP contribution in [0.2, 0.25) is 0 Å². The van der Waals surface area contributed by atoms with E-state index in [1.165, 1.54) is 4.88 Å². The Hall–Kier alpha value is -1.14. The number of nitrogens with zero attached hydrogens (tertiary/aromatic N) is 3. The number of nitrogens with two attached hydrogens (primary N) is 1. The quantitative estimate of drug-likeness (QED) is 0.651. The van der Waals surface area contributed by atoms with Crippen molar-refractivity contribution in [1.29, 1.82) is 0 Å². The lowest BCUT2D eigenvalue weighted by molar-refractivity contribution is 0.0674. The summed E-state index contributed by atoms with van der Waals surface area (Å²) in [5.74, 6) is 0.630. The van der Waals surface area contributed by atoms with E-state index < -0.39 is 0 Å². The largest absolute Gasteiger partial charge is 0.378 e. The summed E-state index contributed by atoms with van der Waals surface area (Å²) in [5, 5.41) is 1.14. The van der Waals surface area contributed by atoms with Crippen LogP contribution in [0.4, 0.5) is 0 Å². The van der Waals surface area contributed by atoms with Gasteiger partial charge in [-0.3, -0.25) is 4.99 Å². The molecule has 0 aromatic carbocycles. The van der Waals surface area contributed by atoms with Gasteiger partial charge in [0.05, 0.1) is 18.2 Å². The fraction of sp³-hybridized carbons (Fsp3) is 0.667. The molecule has 1 fully saturated rings. The zero-order chi connectivity index (χ0) is 12.8. The third-order valence-electron chi connectivity index (χ3n) is 2.88. The first-order valence-electron chi connectivity index (χ1n) is 6.35. The highest BCUT2D eigenvalue weighted by Gasteiger charge is 2.11. The molecule has 5 nitrogen and oxygen atoms in total. The van der Waals surface area contributed by atoms with Gasteiger partial charge < -0.3 is 15.4 Å². The van der Waals surface area contributed by atoms with Crippen molar-refractivity contribution in [2.75, 3.05) is 32.8 Å². The van der Waals surface area contributed by atoms with Crippen LogP contribution in [0.5, 0.6) is 0 Å². The summed E-state index contributed by atoms with van der Waals surface area (Å²) in [6, 6.07) is 0. The summed E-state index contributed by atoms with van der Waals surface area (Å²) in [6.45, 7) is 6.01. The monoisotopic (exact) mass is 268 g/mol. The van der Waals surface area contributed by atoms with Gasteiger partial charge in [0.1, 0.15) is 0 Å². The van der Waals surface area contributed by atoms with Crippen molar-refractivity contribution in [1.82, 2.24) is 9.88 Å². The van der Waals surface area contributed by atoms with E-state index in [0.717, 1.165) is 44.2 Å². The molecule has 18 heavy (non-hydrogen) atoms. The molecule has 0 radical (unpaired) electrons. The molecule has 2 N–H and O–H groups in total. The molecule has 1 aliphatic rings. The molecular formula is C12H20N4OS. The van der Waals surface area contributed by atoms with Crippen LogP contribution in [0, 0.1) is 0 Å². The summed E-state index contributed by atoms with van der Waals surface area (Å²) >= 11 is 1.77. The van der Waals surface area contributed by atoms with Gasteiger partial charge in [-0.2, -0.15) is 0 Å². The molecule has 6 heteroatoms. The van der Waals surface area contributed by atoms with E-state index in [1.54, 1.807) is 11.3 Å². The van der Waals surface area contributed by atoms with Crippen LogP contribution < -0.4 is 5.73 Å². The van der Waals surface area contributed by atoms with Crippen LogP contribution in [-0.2, 0) is 17.6 Å². The Labute approximate surface area is 112 Å². The van der Waals surface area contributed by atoms with E-state index in [9.17, 15) is 0 Å². The average molecular weight is 268 g/mol. The molecule has 2 heterocycles. The van der Waals surface area contributed by atoms with Crippen LogP contribution in [0.15, 0.2) is 11.2 Å². The van der Waals surface area contributed by atoms with Crippen molar-refractivity contribution in [3.8, 4) is 0 Å². The summed E-state index contributed by atoms with van der Waals surface area (Å²) < 4.78 is 5.28. The zero-order valence-electron chi connectivity index (χ0n) is 10.8. The normalized spacial score (nSPS) is 17.2. The van der Waals surface area contributed by atoms with Crippen molar-refractivity contribution in [2.24, 2.45) is 10.7 Å². The number of aryl methyl sites for hydroxylation is 1. The van der Waals surface area contributed by atoms with Crippen molar-refractivity contribution >= 4 is 17.3 Å². The highest BCUT2D eigenvalue weighted by Crippen LogP contribution is 2.13. The topological polar surface area (TPSA) is 63.7 Å². The maximum Gasteiger partial charge on any atom is 0.191 e. The Kier molecular flexibility index (Phi) is 4.95. The Morgan fingerprint density at radius 1 is 1.56 bits per heavy atom. The first kappa shape index (κ1) is 13.3. The van der Waals surface area contributed by atoms with Gasteiger partial charge >= 0.3 is 0 Å². The van der Waals surface area contributed by atoms with E-state index in [4.69, 9.17) is 10.5 Å².